The van der Waals surface area contributed by atoms with E-state index < -0.39 is 45.8 Å². The molecule has 0 fully saturated rings. The van der Waals surface area contributed by atoms with Gasteiger partial charge >= 0.3 is 6.18 Å². The van der Waals surface area contributed by atoms with E-state index in [1.807, 2.05) is 0 Å². The van der Waals surface area contributed by atoms with Crippen molar-refractivity contribution in [1.82, 2.24) is 4.31 Å². The van der Waals surface area contributed by atoms with Crippen molar-refractivity contribution >= 4 is 21.6 Å². The molecule has 2 aromatic carbocycles. The Morgan fingerprint density at radius 1 is 1.07 bits per heavy atom. The van der Waals surface area contributed by atoms with Crippen LogP contribution in [0.3, 0.4) is 0 Å². The maximum absolute atomic E-state index is 13.2. The van der Waals surface area contributed by atoms with Crippen LogP contribution in [0.5, 0.6) is 0 Å². The van der Waals surface area contributed by atoms with Crippen LogP contribution in [0.25, 0.3) is 0 Å². The van der Waals surface area contributed by atoms with Crippen LogP contribution in [0.4, 0.5) is 27.6 Å². The summed E-state index contributed by atoms with van der Waals surface area (Å²) < 4.78 is 89.4. The molecule has 0 saturated carbocycles. The van der Waals surface area contributed by atoms with Crippen LogP contribution < -0.4 is 5.32 Å². The van der Waals surface area contributed by atoms with Gasteiger partial charge in [-0.3, -0.25) is 4.79 Å². The SMILES string of the molecule is CN(CC(=O)Nc1ccc(F)c(C(F)(F)F)c1)S(=O)(=O)c1ccc(F)cc1. The fraction of sp³-hybridized carbons (Fsp3) is 0.188. The standard InChI is InChI=1S/C16H13F5N2O3S/c1-23(27(25,26)12-5-2-10(17)3-6-12)9-15(24)22-11-4-7-14(18)13(8-11)16(19,20)21/h2-8H,9H2,1H3,(H,22,24). The molecule has 0 aliphatic rings. The summed E-state index contributed by atoms with van der Waals surface area (Å²) in [5.74, 6) is -3.09. The lowest BCUT2D eigenvalue weighted by molar-refractivity contribution is -0.140. The molecule has 2 rings (SSSR count). The number of anilines is 1. The van der Waals surface area contributed by atoms with E-state index in [2.05, 4.69) is 5.32 Å². The van der Waals surface area contributed by atoms with Crippen LogP contribution in [0, 0.1) is 11.6 Å². The molecule has 27 heavy (non-hydrogen) atoms. The normalized spacial score (nSPS) is 12.3. The largest absolute Gasteiger partial charge is 0.419 e. The summed E-state index contributed by atoms with van der Waals surface area (Å²) in [7, 11) is -3.04. The van der Waals surface area contributed by atoms with Gasteiger partial charge in [-0.25, -0.2) is 17.2 Å². The zero-order chi connectivity index (χ0) is 20.4. The molecule has 0 bridgehead atoms. The molecule has 0 saturated heterocycles. The first kappa shape index (κ1) is 20.8. The molecule has 0 aromatic heterocycles. The topological polar surface area (TPSA) is 66.5 Å². The number of carbonyl (C=O) groups excluding carboxylic acids is 1. The first-order chi connectivity index (χ1) is 12.4. The molecule has 1 amide bonds. The Balaban J connectivity index is 2.12. The third kappa shape index (κ3) is 5.01. The first-order valence-electron chi connectivity index (χ1n) is 7.30. The average molecular weight is 408 g/mol. The van der Waals surface area contributed by atoms with Crippen molar-refractivity contribution in [2.75, 3.05) is 18.9 Å². The van der Waals surface area contributed by atoms with Gasteiger partial charge in [0.1, 0.15) is 11.6 Å². The van der Waals surface area contributed by atoms with Crippen molar-refractivity contribution < 1.29 is 35.2 Å². The van der Waals surface area contributed by atoms with Crippen LogP contribution in [0.2, 0.25) is 0 Å². The van der Waals surface area contributed by atoms with Gasteiger partial charge in [0.2, 0.25) is 15.9 Å². The molecule has 0 aliphatic heterocycles. The highest BCUT2D eigenvalue weighted by atomic mass is 32.2. The van der Waals surface area contributed by atoms with Crippen molar-refractivity contribution in [2.45, 2.75) is 11.1 Å². The maximum Gasteiger partial charge on any atom is 0.419 e. The second-order valence-corrected chi connectivity index (χ2v) is 7.50. The number of carbonyl (C=O) groups is 1. The minimum absolute atomic E-state index is 0.264. The minimum atomic E-state index is -4.95. The zero-order valence-electron chi connectivity index (χ0n) is 13.7. The second kappa shape index (κ2) is 7.61. The van der Waals surface area contributed by atoms with Crippen molar-refractivity contribution in [3.63, 3.8) is 0 Å². The fourth-order valence-corrected chi connectivity index (χ4v) is 3.22. The molecule has 5 nitrogen and oxygen atoms in total. The Morgan fingerprint density at radius 2 is 1.67 bits per heavy atom. The van der Waals surface area contributed by atoms with E-state index in [-0.39, 0.29) is 10.6 Å². The summed E-state index contributed by atoms with van der Waals surface area (Å²) in [6.45, 7) is -0.724. The van der Waals surface area contributed by atoms with Gasteiger partial charge in [0.25, 0.3) is 0 Å². The number of hydrogen-bond donors (Lipinski definition) is 1. The Kier molecular flexibility index (Phi) is 5.85. The number of nitrogens with one attached hydrogen (secondary N) is 1. The lowest BCUT2D eigenvalue weighted by atomic mass is 10.2. The highest BCUT2D eigenvalue weighted by molar-refractivity contribution is 7.89. The smallest absolute Gasteiger partial charge is 0.325 e. The van der Waals surface area contributed by atoms with E-state index in [9.17, 15) is 35.2 Å². The summed E-state index contributed by atoms with van der Waals surface area (Å²) in [6, 6.07) is 5.73. The minimum Gasteiger partial charge on any atom is -0.325 e. The van der Waals surface area contributed by atoms with E-state index in [1.54, 1.807) is 0 Å². The molecule has 1 N–H and O–H groups in total. The van der Waals surface area contributed by atoms with Gasteiger partial charge in [-0.1, -0.05) is 0 Å². The number of nitrogens with zero attached hydrogens (tertiary/aromatic N) is 1. The first-order valence-corrected chi connectivity index (χ1v) is 8.74. The van der Waals surface area contributed by atoms with Crippen LogP contribution >= 0.6 is 0 Å². The summed E-state index contributed by atoms with van der Waals surface area (Å²) in [6.07, 6.45) is -4.95. The lowest BCUT2D eigenvalue weighted by Crippen LogP contribution is -2.35. The third-order valence-corrected chi connectivity index (χ3v) is 5.26. The highest BCUT2D eigenvalue weighted by Crippen LogP contribution is 2.33. The molecule has 146 valence electrons. The van der Waals surface area contributed by atoms with Crippen LogP contribution in [-0.4, -0.2) is 32.2 Å². The van der Waals surface area contributed by atoms with Crippen LogP contribution in [0.1, 0.15) is 5.56 Å². The Bertz CT molecular complexity index is 944. The lowest BCUT2D eigenvalue weighted by Gasteiger charge is -2.17. The molecule has 0 heterocycles. The van der Waals surface area contributed by atoms with E-state index in [0.29, 0.717) is 16.4 Å². The molecular formula is C16H13F5N2O3S. The number of likely N-dealkylation sites (N-methyl/N-ethyl adjacent to an activating group) is 1. The predicted octanol–water partition coefficient (Wildman–Crippen LogP) is 3.24. The van der Waals surface area contributed by atoms with Gasteiger partial charge in [0.15, 0.2) is 0 Å². The number of alkyl halides is 3. The fourth-order valence-electron chi connectivity index (χ4n) is 2.09. The molecule has 0 spiro atoms. The molecule has 2 aromatic rings. The molecule has 0 radical (unpaired) electrons. The van der Waals surface area contributed by atoms with E-state index in [4.69, 9.17) is 0 Å². The van der Waals surface area contributed by atoms with E-state index in [1.165, 1.54) is 0 Å². The van der Waals surface area contributed by atoms with Crippen molar-refractivity contribution in [3.8, 4) is 0 Å². The summed E-state index contributed by atoms with van der Waals surface area (Å²) in [5.41, 5.74) is -1.91. The van der Waals surface area contributed by atoms with Gasteiger partial charge in [-0.15, -0.1) is 0 Å². The van der Waals surface area contributed by atoms with Crippen molar-refractivity contribution in [1.29, 1.82) is 0 Å². The summed E-state index contributed by atoms with van der Waals surface area (Å²) >= 11 is 0. The average Bonchev–Trinajstić information content (AvgIpc) is 2.55. The van der Waals surface area contributed by atoms with E-state index >= 15 is 0 Å². The van der Waals surface area contributed by atoms with Gasteiger partial charge < -0.3 is 5.32 Å². The molecular weight excluding hydrogens is 395 g/mol. The molecule has 0 atom stereocenters. The van der Waals surface area contributed by atoms with Gasteiger partial charge in [-0.05, 0) is 42.5 Å². The van der Waals surface area contributed by atoms with Crippen LogP contribution in [-0.2, 0) is 21.0 Å². The van der Waals surface area contributed by atoms with E-state index in [0.717, 1.165) is 37.4 Å². The summed E-state index contributed by atoms with van der Waals surface area (Å²) in [4.78, 5) is 11.7. The quantitative estimate of drug-likeness (QED) is 0.773. The number of hydrogen-bond acceptors (Lipinski definition) is 3. The second-order valence-electron chi connectivity index (χ2n) is 5.46. The number of benzene rings is 2. The zero-order valence-corrected chi connectivity index (χ0v) is 14.5. The number of amides is 1. The third-order valence-electron chi connectivity index (χ3n) is 3.44. The van der Waals surface area contributed by atoms with Gasteiger partial charge in [-0.2, -0.15) is 17.5 Å². The maximum atomic E-state index is 13.2. The van der Waals surface area contributed by atoms with Crippen molar-refractivity contribution in [2.24, 2.45) is 0 Å². The Hall–Kier alpha value is -2.53. The Labute approximate surface area is 151 Å². The monoisotopic (exact) mass is 408 g/mol. The highest BCUT2D eigenvalue weighted by Gasteiger charge is 2.34. The van der Waals surface area contributed by atoms with Crippen molar-refractivity contribution in [3.05, 3.63) is 59.7 Å². The van der Waals surface area contributed by atoms with Crippen LogP contribution in [0.15, 0.2) is 47.4 Å². The molecule has 0 aliphatic carbocycles. The number of sulfonamides is 1. The van der Waals surface area contributed by atoms with Gasteiger partial charge in [0, 0.05) is 12.7 Å². The Morgan fingerprint density at radius 3 is 2.22 bits per heavy atom. The predicted molar refractivity (Wildman–Crippen MR) is 86.2 cm³/mol. The molecule has 11 heteroatoms. The number of halogens is 5. The summed E-state index contributed by atoms with van der Waals surface area (Å²) in [5, 5.41) is 2.07. The molecule has 0 unspecified atom stereocenters. The van der Waals surface area contributed by atoms with Gasteiger partial charge in [0.05, 0.1) is 17.0 Å². The number of rotatable bonds is 5.